The molecule has 0 N–H and O–H groups in total. The Morgan fingerprint density at radius 2 is 1.69 bits per heavy atom. The van der Waals surface area contributed by atoms with Gasteiger partial charge in [-0.25, -0.2) is 8.78 Å². The van der Waals surface area contributed by atoms with Gasteiger partial charge in [0.2, 0.25) is 0 Å². The van der Waals surface area contributed by atoms with E-state index in [-0.39, 0.29) is 11.6 Å². The smallest absolute Gasteiger partial charge is 0.501 e. The third-order valence-corrected chi connectivity index (χ3v) is 4.21. The maximum absolute atomic E-state index is 14.5. The van der Waals surface area contributed by atoms with E-state index < -0.39 is 13.1 Å². The summed E-state index contributed by atoms with van der Waals surface area (Å²) in [6, 6.07) is 10.5. The molecule has 0 aliphatic carbocycles. The molecule has 0 bridgehead atoms. The van der Waals surface area contributed by atoms with E-state index in [2.05, 4.69) is 6.92 Å². The fourth-order valence-corrected chi connectivity index (χ4v) is 2.83. The van der Waals surface area contributed by atoms with Gasteiger partial charge in [0, 0.05) is 12.7 Å². The number of unbranched alkanes of at least 4 members (excludes halogenated alkanes) is 3. The first-order chi connectivity index (χ1) is 13.8. The molecule has 158 valence electrons. The molecule has 2 aromatic carbocycles. The highest BCUT2D eigenvalue weighted by Crippen LogP contribution is 2.26. The van der Waals surface area contributed by atoms with Gasteiger partial charge in [-0.3, -0.25) is 0 Å². The molecule has 0 heterocycles. The number of nitrogens with zero attached hydrogens (tertiary/aromatic N) is 1. The van der Waals surface area contributed by atoms with Gasteiger partial charge in [0.15, 0.2) is 0 Å². The maximum Gasteiger partial charge on any atom is 0.788 e. The summed E-state index contributed by atoms with van der Waals surface area (Å²) in [7, 11) is 4.82. The van der Waals surface area contributed by atoms with Gasteiger partial charge in [-0.15, -0.1) is 0 Å². The highest BCUT2D eigenvalue weighted by atomic mass is 19.1. The third-order valence-electron chi connectivity index (χ3n) is 4.21. The predicted octanol–water partition coefficient (Wildman–Crippen LogP) is 5.21. The maximum atomic E-state index is 14.5. The van der Waals surface area contributed by atoms with Crippen LogP contribution in [0.15, 0.2) is 42.5 Å². The molecule has 0 saturated heterocycles. The van der Waals surface area contributed by atoms with E-state index in [4.69, 9.17) is 14.0 Å². The number of rotatable bonds is 12. The highest BCUT2D eigenvalue weighted by molar-refractivity contribution is 6.38. The molecular formula is C22H31BF2NO3+. The number of halogens is 2. The van der Waals surface area contributed by atoms with Crippen LogP contribution in [-0.2, 0) is 11.2 Å². The van der Waals surface area contributed by atoms with Crippen molar-refractivity contribution in [3.63, 3.8) is 0 Å². The van der Waals surface area contributed by atoms with Crippen molar-refractivity contribution in [1.82, 2.24) is 0 Å². The van der Waals surface area contributed by atoms with Gasteiger partial charge >= 0.3 is 7.32 Å². The van der Waals surface area contributed by atoms with Crippen molar-refractivity contribution in [2.75, 3.05) is 27.7 Å². The minimum absolute atomic E-state index is 0.285. The SMILES string of the molecule is CCCCCCOB(Oc1cccc(F)c1)Oc1cccc(F)c1C[N+](C)(C)C. The average Bonchev–Trinajstić information content (AvgIpc) is 2.63. The Balaban J connectivity index is 2.16. The van der Waals surface area contributed by atoms with E-state index in [9.17, 15) is 8.78 Å². The summed E-state index contributed by atoms with van der Waals surface area (Å²) in [6.45, 7) is 3.00. The Bertz CT molecular complexity index is 768. The second-order valence-electron chi connectivity index (χ2n) is 8.08. The van der Waals surface area contributed by atoms with Crippen LogP contribution in [0.5, 0.6) is 11.5 Å². The standard InChI is InChI=1S/C22H31BF2NO3/c1-5-6-7-8-15-27-23(28-19-12-9-11-18(24)16-19)29-22-14-10-13-21(25)20(22)17-26(2,3)4/h9-14,16H,5-8,15,17H2,1-4H3/q+1. The Morgan fingerprint density at radius 1 is 0.931 bits per heavy atom. The first kappa shape index (κ1) is 23.2. The number of hydrogen-bond donors (Lipinski definition) is 0. The summed E-state index contributed by atoms with van der Waals surface area (Å²) >= 11 is 0. The first-order valence-corrected chi connectivity index (χ1v) is 10.1. The fourth-order valence-electron chi connectivity index (χ4n) is 2.83. The van der Waals surface area contributed by atoms with Gasteiger partial charge < -0.3 is 18.4 Å². The fraction of sp³-hybridized carbons (Fsp3) is 0.455. The summed E-state index contributed by atoms with van der Waals surface area (Å²) in [5.41, 5.74) is 0.447. The van der Waals surface area contributed by atoms with Gasteiger partial charge in [0.1, 0.15) is 29.7 Å². The second kappa shape index (κ2) is 11.2. The molecule has 29 heavy (non-hydrogen) atoms. The molecule has 0 aliphatic heterocycles. The number of hydrogen-bond acceptors (Lipinski definition) is 3. The quantitative estimate of drug-likeness (QED) is 0.275. The topological polar surface area (TPSA) is 27.7 Å². The van der Waals surface area contributed by atoms with E-state index in [1.54, 1.807) is 24.3 Å². The van der Waals surface area contributed by atoms with Crippen LogP contribution < -0.4 is 9.31 Å². The molecular weight excluding hydrogens is 375 g/mol. The van der Waals surface area contributed by atoms with Crippen molar-refractivity contribution in [2.24, 2.45) is 0 Å². The van der Waals surface area contributed by atoms with E-state index >= 15 is 0 Å². The Hall–Kier alpha value is -2.12. The average molecular weight is 406 g/mol. The van der Waals surface area contributed by atoms with Crippen LogP contribution >= 0.6 is 0 Å². The lowest BCUT2D eigenvalue weighted by Gasteiger charge is -2.26. The molecule has 0 fully saturated rings. The van der Waals surface area contributed by atoms with Crippen LogP contribution in [0.2, 0.25) is 0 Å². The van der Waals surface area contributed by atoms with Crippen molar-refractivity contribution >= 4 is 7.32 Å². The van der Waals surface area contributed by atoms with Gasteiger partial charge in [-0.2, -0.15) is 0 Å². The molecule has 0 unspecified atom stereocenters. The van der Waals surface area contributed by atoms with Crippen LogP contribution in [0.4, 0.5) is 8.78 Å². The Morgan fingerprint density at radius 3 is 2.38 bits per heavy atom. The monoisotopic (exact) mass is 406 g/mol. The second-order valence-corrected chi connectivity index (χ2v) is 8.08. The zero-order valence-electron chi connectivity index (χ0n) is 17.8. The minimum Gasteiger partial charge on any atom is -0.501 e. The normalized spacial score (nSPS) is 11.4. The molecule has 2 aromatic rings. The zero-order chi connectivity index (χ0) is 21.3. The molecule has 0 spiro atoms. The molecule has 2 rings (SSSR count). The summed E-state index contributed by atoms with van der Waals surface area (Å²) < 4.78 is 45.9. The summed E-state index contributed by atoms with van der Waals surface area (Å²) in [6.07, 6.45) is 4.14. The van der Waals surface area contributed by atoms with Crippen LogP contribution in [0, 0.1) is 11.6 Å². The van der Waals surface area contributed by atoms with E-state index in [0.717, 1.165) is 25.7 Å². The molecule has 0 amide bonds. The van der Waals surface area contributed by atoms with Gasteiger partial charge in [-0.05, 0) is 30.7 Å². The van der Waals surface area contributed by atoms with Crippen LogP contribution in [0.1, 0.15) is 38.2 Å². The van der Waals surface area contributed by atoms with Crippen molar-refractivity contribution < 1.29 is 27.2 Å². The summed E-state index contributed by atoms with van der Waals surface area (Å²) in [5, 5.41) is 0. The first-order valence-electron chi connectivity index (χ1n) is 10.1. The Labute approximate surface area is 173 Å². The zero-order valence-corrected chi connectivity index (χ0v) is 17.8. The van der Waals surface area contributed by atoms with E-state index in [0.29, 0.717) is 28.9 Å². The van der Waals surface area contributed by atoms with Crippen molar-refractivity contribution in [3.8, 4) is 11.5 Å². The molecule has 7 heteroatoms. The van der Waals surface area contributed by atoms with E-state index in [1.807, 2.05) is 21.1 Å². The molecule has 0 atom stereocenters. The lowest BCUT2D eigenvalue weighted by molar-refractivity contribution is -0.884. The van der Waals surface area contributed by atoms with Crippen molar-refractivity contribution in [3.05, 3.63) is 59.7 Å². The number of quaternary nitrogens is 1. The number of benzene rings is 2. The lowest BCUT2D eigenvalue weighted by Crippen LogP contribution is -2.36. The molecule has 0 aromatic heterocycles. The third kappa shape index (κ3) is 8.42. The van der Waals surface area contributed by atoms with Crippen molar-refractivity contribution in [2.45, 2.75) is 39.2 Å². The summed E-state index contributed by atoms with van der Waals surface area (Å²) in [5.74, 6) is -0.121. The minimum atomic E-state index is -1.11. The van der Waals surface area contributed by atoms with Crippen LogP contribution in [-0.4, -0.2) is 39.6 Å². The lowest BCUT2D eigenvalue weighted by atomic mass is 10.1. The van der Waals surface area contributed by atoms with Crippen LogP contribution in [0.3, 0.4) is 0 Å². The Kier molecular flexibility index (Phi) is 8.92. The van der Waals surface area contributed by atoms with Crippen LogP contribution in [0.25, 0.3) is 0 Å². The highest BCUT2D eigenvalue weighted by Gasteiger charge is 2.30. The van der Waals surface area contributed by atoms with Crippen molar-refractivity contribution in [1.29, 1.82) is 0 Å². The largest absolute Gasteiger partial charge is 0.788 e. The molecule has 0 aliphatic rings. The molecule has 0 saturated carbocycles. The summed E-state index contributed by atoms with van der Waals surface area (Å²) in [4.78, 5) is 0. The van der Waals surface area contributed by atoms with Gasteiger partial charge in [0.05, 0.1) is 26.7 Å². The van der Waals surface area contributed by atoms with E-state index in [1.165, 1.54) is 18.2 Å². The molecule has 4 nitrogen and oxygen atoms in total. The van der Waals surface area contributed by atoms with Gasteiger partial charge in [0.25, 0.3) is 0 Å². The molecule has 0 radical (unpaired) electrons. The predicted molar refractivity (Wildman–Crippen MR) is 112 cm³/mol. The van der Waals surface area contributed by atoms with Gasteiger partial charge in [-0.1, -0.05) is 38.3 Å².